The zero-order valence-corrected chi connectivity index (χ0v) is 15.8. The van der Waals surface area contributed by atoms with Crippen LogP contribution in [0.1, 0.15) is 11.3 Å². The molecule has 7 nitrogen and oxygen atoms in total. The van der Waals surface area contributed by atoms with Crippen molar-refractivity contribution in [3.8, 4) is 10.6 Å². The summed E-state index contributed by atoms with van der Waals surface area (Å²) in [5, 5.41) is 5.02. The highest BCUT2D eigenvalue weighted by Gasteiger charge is 2.13. The molecule has 1 aromatic heterocycles. The minimum atomic E-state index is -0.542. The van der Waals surface area contributed by atoms with E-state index in [-0.39, 0.29) is 18.9 Å². The average molecular weight is 375 g/mol. The second-order valence-electron chi connectivity index (χ2n) is 5.91. The molecule has 138 valence electrons. The van der Waals surface area contributed by atoms with Gasteiger partial charge in [0.25, 0.3) is 5.91 Å². The van der Waals surface area contributed by atoms with Gasteiger partial charge in [-0.15, -0.1) is 11.3 Å². The van der Waals surface area contributed by atoms with Crippen molar-refractivity contribution in [1.29, 1.82) is 0 Å². The molecule has 0 atom stereocenters. The first-order valence-corrected chi connectivity index (χ1v) is 8.87. The molecule has 0 aliphatic carbocycles. The van der Waals surface area contributed by atoms with E-state index in [0.29, 0.717) is 5.69 Å². The van der Waals surface area contributed by atoms with E-state index < -0.39 is 18.5 Å². The molecule has 1 aromatic carbocycles. The third-order valence-corrected chi connectivity index (χ3v) is 4.42. The van der Waals surface area contributed by atoms with Crippen molar-refractivity contribution in [3.05, 3.63) is 40.9 Å². The van der Waals surface area contributed by atoms with Crippen molar-refractivity contribution >= 4 is 29.1 Å². The third kappa shape index (κ3) is 5.96. The summed E-state index contributed by atoms with van der Waals surface area (Å²) in [7, 11) is 3.18. The van der Waals surface area contributed by atoms with Gasteiger partial charge in [0.15, 0.2) is 6.61 Å². The normalized spacial score (nSPS) is 10.3. The maximum Gasteiger partial charge on any atom is 0.312 e. The van der Waals surface area contributed by atoms with Crippen LogP contribution in [0, 0.1) is 6.92 Å². The number of nitrogens with one attached hydrogen (secondary N) is 1. The average Bonchev–Trinajstić information content (AvgIpc) is 3.06. The Morgan fingerprint density at radius 1 is 1.19 bits per heavy atom. The highest BCUT2D eigenvalue weighted by atomic mass is 32.1. The van der Waals surface area contributed by atoms with Crippen molar-refractivity contribution in [1.82, 2.24) is 15.2 Å². The first-order chi connectivity index (χ1) is 12.3. The molecule has 8 heteroatoms. The molecule has 1 heterocycles. The van der Waals surface area contributed by atoms with Gasteiger partial charge in [-0.25, -0.2) is 4.98 Å². The number of carbonyl (C=O) groups excluding carboxylic acids is 3. The molecule has 1 N–H and O–H groups in total. The van der Waals surface area contributed by atoms with Crippen LogP contribution < -0.4 is 5.32 Å². The number of aryl methyl sites for hydroxylation is 1. The largest absolute Gasteiger partial charge is 0.455 e. The Hall–Kier alpha value is -2.74. The molecule has 0 aliphatic rings. The second-order valence-corrected chi connectivity index (χ2v) is 6.77. The zero-order valence-electron chi connectivity index (χ0n) is 14.9. The lowest BCUT2D eigenvalue weighted by atomic mass is 10.2. The van der Waals surface area contributed by atoms with Crippen LogP contribution in [0.2, 0.25) is 0 Å². The molecular formula is C18H21N3O4S. The standard InChI is InChI=1S/C18H21N3O4S/c1-12-4-6-13(7-5-12)18-20-14(11-26-18)8-17(24)25-10-15(22)19-9-16(23)21(2)3/h4-7,11H,8-10H2,1-3H3,(H,19,22). The number of hydrogen-bond acceptors (Lipinski definition) is 6. The molecule has 26 heavy (non-hydrogen) atoms. The number of ether oxygens (including phenoxy) is 1. The van der Waals surface area contributed by atoms with Gasteiger partial charge in [-0.05, 0) is 6.92 Å². The number of aromatic nitrogens is 1. The Morgan fingerprint density at radius 2 is 1.88 bits per heavy atom. The summed E-state index contributed by atoms with van der Waals surface area (Å²) in [6, 6.07) is 7.97. The van der Waals surface area contributed by atoms with Crippen LogP contribution in [0.4, 0.5) is 0 Å². The van der Waals surface area contributed by atoms with Crippen molar-refractivity contribution < 1.29 is 19.1 Å². The topological polar surface area (TPSA) is 88.6 Å². The molecular weight excluding hydrogens is 354 g/mol. The highest BCUT2D eigenvalue weighted by Crippen LogP contribution is 2.24. The van der Waals surface area contributed by atoms with E-state index in [0.717, 1.165) is 10.6 Å². The number of amides is 2. The monoisotopic (exact) mass is 375 g/mol. The first kappa shape index (κ1) is 19.6. The van der Waals surface area contributed by atoms with E-state index >= 15 is 0 Å². The third-order valence-electron chi connectivity index (χ3n) is 3.48. The van der Waals surface area contributed by atoms with Crippen LogP contribution >= 0.6 is 11.3 Å². The molecule has 2 amide bonds. The van der Waals surface area contributed by atoms with Gasteiger partial charge in [0.05, 0.1) is 18.7 Å². The van der Waals surface area contributed by atoms with E-state index in [1.807, 2.05) is 31.2 Å². The summed E-state index contributed by atoms with van der Waals surface area (Å²) in [6.45, 7) is 1.46. The molecule has 0 saturated heterocycles. The number of thiazole rings is 1. The predicted molar refractivity (Wildman–Crippen MR) is 98.7 cm³/mol. The van der Waals surface area contributed by atoms with Gasteiger partial charge in [0.2, 0.25) is 5.91 Å². The zero-order chi connectivity index (χ0) is 19.1. The van der Waals surface area contributed by atoms with Crippen LogP contribution in [-0.4, -0.2) is 54.9 Å². The number of nitrogens with zero attached hydrogens (tertiary/aromatic N) is 2. The Morgan fingerprint density at radius 3 is 2.54 bits per heavy atom. The number of carbonyl (C=O) groups is 3. The molecule has 0 unspecified atom stereocenters. The minimum Gasteiger partial charge on any atom is -0.455 e. The maximum atomic E-state index is 11.8. The van der Waals surface area contributed by atoms with Crippen molar-refractivity contribution in [2.45, 2.75) is 13.3 Å². The van der Waals surface area contributed by atoms with Gasteiger partial charge < -0.3 is 15.0 Å². The highest BCUT2D eigenvalue weighted by molar-refractivity contribution is 7.13. The van der Waals surface area contributed by atoms with Gasteiger partial charge >= 0.3 is 5.97 Å². The lowest BCUT2D eigenvalue weighted by Gasteiger charge is -2.10. The number of hydrogen-bond donors (Lipinski definition) is 1. The summed E-state index contributed by atoms with van der Waals surface area (Å²) in [6.07, 6.45) is -0.00767. The maximum absolute atomic E-state index is 11.8. The summed E-state index contributed by atoms with van der Waals surface area (Å²) >= 11 is 1.45. The lowest BCUT2D eigenvalue weighted by molar-refractivity contribution is -0.148. The van der Waals surface area contributed by atoms with Crippen molar-refractivity contribution in [3.63, 3.8) is 0 Å². The number of benzene rings is 1. The van der Waals surface area contributed by atoms with Gasteiger partial charge in [-0.2, -0.15) is 0 Å². The van der Waals surface area contributed by atoms with Gasteiger partial charge in [0, 0.05) is 25.0 Å². The molecule has 0 spiro atoms. The summed E-state index contributed by atoms with van der Waals surface area (Å²) in [4.78, 5) is 40.6. The Labute approximate surface area is 156 Å². The van der Waals surface area contributed by atoms with Crippen molar-refractivity contribution in [2.24, 2.45) is 0 Å². The van der Waals surface area contributed by atoms with Crippen LogP contribution in [0.15, 0.2) is 29.6 Å². The number of esters is 1. The second kappa shape index (κ2) is 9.10. The molecule has 2 rings (SSSR count). The van der Waals surface area contributed by atoms with E-state index in [4.69, 9.17) is 4.74 Å². The Balaban J connectivity index is 1.78. The first-order valence-electron chi connectivity index (χ1n) is 7.99. The fourth-order valence-corrected chi connectivity index (χ4v) is 2.77. The number of likely N-dealkylation sites (N-methyl/N-ethyl adjacent to an activating group) is 1. The van der Waals surface area contributed by atoms with Crippen LogP contribution in [0.25, 0.3) is 10.6 Å². The quantitative estimate of drug-likeness (QED) is 0.739. The van der Waals surface area contributed by atoms with Gasteiger partial charge in [0.1, 0.15) is 5.01 Å². The molecule has 0 aliphatic heterocycles. The predicted octanol–water partition coefficient (Wildman–Crippen LogP) is 1.41. The number of rotatable bonds is 7. The fourth-order valence-electron chi connectivity index (χ4n) is 1.95. The van der Waals surface area contributed by atoms with Gasteiger partial charge in [-0.1, -0.05) is 29.8 Å². The minimum absolute atomic E-state index is 0.00767. The lowest BCUT2D eigenvalue weighted by Crippen LogP contribution is -2.38. The van der Waals surface area contributed by atoms with E-state index in [9.17, 15) is 14.4 Å². The van der Waals surface area contributed by atoms with E-state index in [2.05, 4.69) is 10.3 Å². The fraction of sp³-hybridized carbons (Fsp3) is 0.333. The smallest absolute Gasteiger partial charge is 0.312 e. The summed E-state index contributed by atoms with van der Waals surface area (Å²) in [5.74, 6) is -1.30. The summed E-state index contributed by atoms with van der Waals surface area (Å²) in [5.41, 5.74) is 2.75. The molecule has 0 saturated carbocycles. The van der Waals surface area contributed by atoms with E-state index in [1.54, 1.807) is 19.5 Å². The van der Waals surface area contributed by atoms with Crippen LogP contribution in [-0.2, 0) is 25.5 Å². The van der Waals surface area contributed by atoms with Gasteiger partial charge in [-0.3, -0.25) is 14.4 Å². The molecule has 0 fully saturated rings. The SMILES string of the molecule is Cc1ccc(-c2nc(CC(=O)OCC(=O)NCC(=O)N(C)C)cs2)cc1. The summed E-state index contributed by atoms with van der Waals surface area (Å²) < 4.78 is 4.92. The Bertz CT molecular complexity index is 784. The van der Waals surface area contributed by atoms with Crippen LogP contribution in [0.3, 0.4) is 0 Å². The molecule has 0 radical (unpaired) electrons. The molecule has 0 bridgehead atoms. The van der Waals surface area contributed by atoms with Crippen LogP contribution in [0.5, 0.6) is 0 Å². The molecule has 2 aromatic rings. The van der Waals surface area contributed by atoms with Crippen molar-refractivity contribution in [2.75, 3.05) is 27.2 Å². The Kier molecular flexibility index (Phi) is 6.85. The van der Waals surface area contributed by atoms with E-state index in [1.165, 1.54) is 21.8 Å².